The Bertz CT molecular complexity index is 448. The molecule has 104 valence electrons. The number of carboxylic acid groups (broad SMARTS) is 1. The Balaban J connectivity index is 2.08. The minimum atomic E-state index is -0.889. The summed E-state index contributed by atoms with van der Waals surface area (Å²) in [6.07, 6.45) is 0.164. The van der Waals surface area contributed by atoms with Gasteiger partial charge in [-0.3, -0.25) is 0 Å². The van der Waals surface area contributed by atoms with Crippen molar-refractivity contribution in [3.8, 4) is 0 Å². The van der Waals surface area contributed by atoms with Gasteiger partial charge in [0.25, 0.3) is 0 Å². The van der Waals surface area contributed by atoms with Gasteiger partial charge in [-0.1, -0.05) is 6.07 Å². The first-order valence-electron chi connectivity index (χ1n) is 6.41. The minimum absolute atomic E-state index is 0.164. The van der Waals surface area contributed by atoms with Gasteiger partial charge in [-0.2, -0.15) is 0 Å². The number of benzene rings is 1. The summed E-state index contributed by atoms with van der Waals surface area (Å²) in [5.41, 5.74) is 1.28. The number of rotatable bonds is 4. The van der Waals surface area contributed by atoms with Crippen LogP contribution in [-0.2, 0) is 4.74 Å². The fourth-order valence-corrected chi connectivity index (χ4v) is 2.31. The van der Waals surface area contributed by atoms with Gasteiger partial charge in [0.15, 0.2) is 0 Å². The number of anilines is 1. The first kappa shape index (κ1) is 13.8. The number of hydrogen-bond donors (Lipinski definition) is 1. The van der Waals surface area contributed by atoms with Crippen LogP contribution in [0.1, 0.15) is 10.4 Å². The molecule has 2 rings (SSSR count). The second-order valence-electron chi connectivity index (χ2n) is 5.06. The lowest BCUT2D eigenvalue weighted by Gasteiger charge is -2.35. The van der Waals surface area contributed by atoms with E-state index in [1.807, 2.05) is 20.2 Å². The smallest absolute Gasteiger partial charge is 0.335 e. The molecule has 19 heavy (non-hydrogen) atoms. The first-order valence-corrected chi connectivity index (χ1v) is 6.41. The van der Waals surface area contributed by atoms with E-state index in [0.717, 1.165) is 25.3 Å². The number of hydrogen-bond acceptors (Lipinski definition) is 4. The molecule has 1 aliphatic rings. The van der Waals surface area contributed by atoms with E-state index in [-0.39, 0.29) is 6.10 Å². The van der Waals surface area contributed by atoms with Gasteiger partial charge in [0.2, 0.25) is 0 Å². The van der Waals surface area contributed by atoms with Gasteiger partial charge in [0.1, 0.15) is 0 Å². The standard InChI is InChI=1S/C14H20N2O3/c1-15(2)9-13-10-16(6-7-19-13)12-5-3-4-11(8-12)14(17)18/h3-5,8,13H,6-7,9-10H2,1-2H3,(H,17,18). The highest BCUT2D eigenvalue weighted by Gasteiger charge is 2.21. The Morgan fingerprint density at radius 1 is 1.53 bits per heavy atom. The molecule has 0 bridgehead atoms. The summed E-state index contributed by atoms with van der Waals surface area (Å²) in [5.74, 6) is -0.889. The van der Waals surface area contributed by atoms with Crippen molar-refractivity contribution in [3.63, 3.8) is 0 Å². The molecule has 1 atom stereocenters. The second-order valence-corrected chi connectivity index (χ2v) is 5.06. The Labute approximate surface area is 113 Å². The highest BCUT2D eigenvalue weighted by Crippen LogP contribution is 2.19. The normalized spacial score (nSPS) is 19.7. The van der Waals surface area contributed by atoms with Crippen LogP contribution < -0.4 is 4.90 Å². The SMILES string of the molecule is CN(C)CC1CN(c2cccc(C(=O)O)c2)CCO1. The third-order valence-electron chi connectivity index (χ3n) is 3.17. The molecule has 1 aromatic carbocycles. The number of nitrogens with zero attached hydrogens (tertiary/aromatic N) is 2. The molecule has 0 amide bonds. The maximum Gasteiger partial charge on any atom is 0.335 e. The highest BCUT2D eigenvalue weighted by atomic mass is 16.5. The van der Waals surface area contributed by atoms with Crippen molar-refractivity contribution in [1.29, 1.82) is 0 Å². The molecule has 0 radical (unpaired) electrons. The Hall–Kier alpha value is -1.59. The number of carboxylic acids is 1. The third-order valence-corrected chi connectivity index (χ3v) is 3.17. The number of morpholine rings is 1. The van der Waals surface area contributed by atoms with E-state index in [2.05, 4.69) is 9.80 Å². The molecule has 0 aromatic heterocycles. The molecule has 0 saturated carbocycles. The van der Waals surface area contributed by atoms with E-state index in [9.17, 15) is 4.79 Å². The van der Waals surface area contributed by atoms with E-state index in [0.29, 0.717) is 12.2 Å². The molecule has 1 unspecified atom stereocenters. The van der Waals surface area contributed by atoms with Crippen LogP contribution in [-0.4, -0.2) is 62.4 Å². The van der Waals surface area contributed by atoms with Gasteiger partial charge in [-0.05, 0) is 32.3 Å². The molecule has 1 aromatic rings. The fourth-order valence-electron chi connectivity index (χ4n) is 2.31. The molecule has 0 spiro atoms. The zero-order valence-corrected chi connectivity index (χ0v) is 11.4. The van der Waals surface area contributed by atoms with Crippen molar-refractivity contribution in [2.75, 3.05) is 45.2 Å². The van der Waals surface area contributed by atoms with E-state index in [1.165, 1.54) is 0 Å². The quantitative estimate of drug-likeness (QED) is 0.884. The molecule has 1 fully saturated rings. The van der Waals surface area contributed by atoms with Gasteiger partial charge in [-0.25, -0.2) is 4.79 Å². The number of likely N-dealkylation sites (N-methyl/N-ethyl adjacent to an activating group) is 1. The summed E-state index contributed by atoms with van der Waals surface area (Å²) in [5, 5.41) is 9.03. The first-order chi connectivity index (χ1) is 9.06. The Morgan fingerprint density at radius 2 is 2.32 bits per heavy atom. The zero-order chi connectivity index (χ0) is 13.8. The maximum absolute atomic E-state index is 11.0. The average Bonchev–Trinajstić information content (AvgIpc) is 2.38. The molecule has 1 heterocycles. The fraction of sp³-hybridized carbons (Fsp3) is 0.500. The molecular weight excluding hydrogens is 244 g/mol. The number of ether oxygens (including phenoxy) is 1. The van der Waals surface area contributed by atoms with E-state index in [1.54, 1.807) is 18.2 Å². The van der Waals surface area contributed by atoms with E-state index < -0.39 is 5.97 Å². The molecule has 5 heteroatoms. The van der Waals surface area contributed by atoms with Crippen molar-refractivity contribution in [3.05, 3.63) is 29.8 Å². The summed E-state index contributed by atoms with van der Waals surface area (Å²) in [6, 6.07) is 7.07. The minimum Gasteiger partial charge on any atom is -0.478 e. The number of aromatic carboxylic acids is 1. The summed E-state index contributed by atoms with van der Waals surface area (Å²) in [7, 11) is 4.04. The maximum atomic E-state index is 11.0. The highest BCUT2D eigenvalue weighted by molar-refractivity contribution is 5.88. The molecule has 1 aliphatic heterocycles. The topological polar surface area (TPSA) is 53.0 Å². The Kier molecular flexibility index (Phi) is 4.39. The van der Waals surface area contributed by atoms with Gasteiger partial charge >= 0.3 is 5.97 Å². The van der Waals surface area contributed by atoms with Crippen LogP contribution in [0.3, 0.4) is 0 Å². The predicted octanol–water partition coefficient (Wildman–Crippen LogP) is 1.15. The molecule has 0 aliphatic carbocycles. The van der Waals surface area contributed by atoms with Crippen molar-refractivity contribution in [2.45, 2.75) is 6.10 Å². The van der Waals surface area contributed by atoms with Crippen LogP contribution in [0.15, 0.2) is 24.3 Å². The largest absolute Gasteiger partial charge is 0.478 e. The predicted molar refractivity (Wildman–Crippen MR) is 73.9 cm³/mol. The van der Waals surface area contributed by atoms with Crippen molar-refractivity contribution >= 4 is 11.7 Å². The van der Waals surface area contributed by atoms with Gasteiger partial charge in [0.05, 0.1) is 18.3 Å². The summed E-state index contributed by atoms with van der Waals surface area (Å²) in [6.45, 7) is 3.14. The summed E-state index contributed by atoms with van der Waals surface area (Å²) >= 11 is 0. The lowest BCUT2D eigenvalue weighted by atomic mass is 10.1. The van der Waals surface area contributed by atoms with Crippen molar-refractivity contribution < 1.29 is 14.6 Å². The molecule has 5 nitrogen and oxygen atoms in total. The zero-order valence-electron chi connectivity index (χ0n) is 11.4. The van der Waals surface area contributed by atoms with E-state index in [4.69, 9.17) is 9.84 Å². The van der Waals surface area contributed by atoms with Gasteiger partial charge < -0.3 is 19.6 Å². The van der Waals surface area contributed by atoms with Crippen LogP contribution in [0, 0.1) is 0 Å². The van der Waals surface area contributed by atoms with Gasteiger partial charge in [0, 0.05) is 25.3 Å². The average molecular weight is 264 g/mol. The van der Waals surface area contributed by atoms with Crippen LogP contribution in [0.2, 0.25) is 0 Å². The van der Waals surface area contributed by atoms with Crippen LogP contribution >= 0.6 is 0 Å². The van der Waals surface area contributed by atoms with Crippen molar-refractivity contribution in [1.82, 2.24) is 4.90 Å². The third kappa shape index (κ3) is 3.68. The van der Waals surface area contributed by atoms with Crippen LogP contribution in [0.4, 0.5) is 5.69 Å². The lowest BCUT2D eigenvalue weighted by Crippen LogP contribution is -2.46. The summed E-state index contributed by atoms with van der Waals surface area (Å²) in [4.78, 5) is 15.3. The Morgan fingerprint density at radius 3 is 3.00 bits per heavy atom. The number of carbonyl (C=O) groups is 1. The summed E-state index contributed by atoms with van der Waals surface area (Å²) < 4.78 is 5.72. The molecular formula is C14H20N2O3. The lowest BCUT2D eigenvalue weighted by molar-refractivity contribution is 0.0248. The van der Waals surface area contributed by atoms with E-state index >= 15 is 0 Å². The van der Waals surface area contributed by atoms with Gasteiger partial charge in [-0.15, -0.1) is 0 Å². The molecule has 1 saturated heterocycles. The molecule has 1 N–H and O–H groups in total. The van der Waals surface area contributed by atoms with Crippen LogP contribution in [0.5, 0.6) is 0 Å². The monoisotopic (exact) mass is 264 g/mol. The second kappa shape index (κ2) is 6.04. The van der Waals surface area contributed by atoms with Crippen LogP contribution in [0.25, 0.3) is 0 Å². The van der Waals surface area contributed by atoms with Crippen molar-refractivity contribution in [2.24, 2.45) is 0 Å².